The zero-order valence-electron chi connectivity index (χ0n) is 19.9. The second-order valence-corrected chi connectivity index (χ2v) is 10.7. The van der Waals surface area contributed by atoms with Gasteiger partial charge in [0.15, 0.2) is 32.9 Å². The summed E-state index contributed by atoms with van der Waals surface area (Å²) in [5.41, 5.74) is 0.695. The van der Waals surface area contributed by atoms with E-state index in [4.69, 9.17) is 4.74 Å². The van der Waals surface area contributed by atoms with Crippen molar-refractivity contribution in [3.8, 4) is 17.6 Å². The summed E-state index contributed by atoms with van der Waals surface area (Å²) in [5, 5.41) is 2.76. The van der Waals surface area contributed by atoms with Gasteiger partial charge in [0.1, 0.15) is 5.75 Å². The van der Waals surface area contributed by atoms with Crippen LogP contribution in [0, 0.1) is 29.3 Å². The number of sulfone groups is 1. The molecule has 0 unspecified atom stereocenters. The van der Waals surface area contributed by atoms with Crippen LogP contribution in [-0.2, 0) is 21.1 Å². The molecule has 0 aliphatic carbocycles. The second-order valence-electron chi connectivity index (χ2n) is 8.41. The molecule has 1 amide bonds. The van der Waals surface area contributed by atoms with Gasteiger partial charge in [0.05, 0.1) is 17.1 Å². The Morgan fingerprint density at radius 3 is 2.11 bits per heavy atom. The average molecular weight is 516 g/mol. The van der Waals surface area contributed by atoms with E-state index in [1.54, 1.807) is 57.2 Å². The van der Waals surface area contributed by atoms with Gasteiger partial charge in [0, 0.05) is 23.4 Å². The summed E-state index contributed by atoms with van der Waals surface area (Å²) >= 11 is 0. The molecule has 0 bridgehead atoms. The number of anilines is 1. The van der Waals surface area contributed by atoms with Gasteiger partial charge in [0.2, 0.25) is 5.91 Å². The van der Waals surface area contributed by atoms with Gasteiger partial charge in [-0.3, -0.25) is 4.79 Å². The molecule has 0 radical (unpaired) electrons. The van der Waals surface area contributed by atoms with Gasteiger partial charge in [0.25, 0.3) is 0 Å². The molecule has 36 heavy (non-hydrogen) atoms. The minimum Gasteiger partial charge on any atom is -0.475 e. The first-order valence-corrected chi connectivity index (χ1v) is 12.6. The molecule has 3 rings (SSSR count). The molecule has 3 aromatic carbocycles. The lowest BCUT2D eigenvalue weighted by Gasteiger charge is -2.20. The number of rotatable bonds is 7. The molecule has 5 nitrogen and oxygen atoms in total. The number of hydrogen-bond acceptors (Lipinski definition) is 4. The molecule has 0 fully saturated rings. The molecule has 0 atom stereocenters. The second kappa shape index (κ2) is 10.9. The van der Waals surface area contributed by atoms with Gasteiger partial charge in [-0.2, -0.15) is 0 Å². The van der Waals surface area contributed by atoms with Crippen LogP contribution in [0.1, 0.15) is 31.9 Å². The quantitative estimate of drug-likeness (QED) is 0.343. The van der Waals surface area contributed by atoms with E-state index in [1.807, 2.05) is 0 Å². The van der Waals surface area contributed by atoms with E-state index in [0.29, 0.717) is 16.8 Å². The Morgan fingerprint density at radius 1 is 0.972 bits per heavy atom. The summed E-state index contributed by atoms with van der Waals surface area (Å²) in [5.74, 6) is 1.01. The third-order valence-corrected chi connectivity index (χ3v) is 6.78. The van der Waals surface area contributed by atoms with Gasteiger partial charge in [-0.15, -0.1) is 0 Å². The van der Waals surface area contributed by atoms with Crippen LogP contribution >= 0.6 is 0 Å². The lowest BCUT2D eigenvalue weighted by atomic mass is 10.1. The number of carbonyl (C=O) groups excluding carboxylic acids is 1. The number of hydrogen-bond donors (Lipinski definition) is 1. The molecule has 0 heterocycles. The SMILES string of the molecule is CCS(=O)(=O)c1ccc(CC(=O)Nc2ccc(C#CC(C)(C)Oc3cc(F)c(F)c(F)c3)cc2)cc1. The van der Waals surface area contributed by atoms with Crippen molar-refractivity contribution >= 4 is 21.4 Å². The predicted molar refractivity (Wildman–Crippen MR) is 131 cm³/mol. The van der Waals surface area contributed by atoms with Crippen LogP contribution in [0.25, 0.3) is 0 Å². The van der Waals surface area contributed by atoms with Crippen molar-refractivity contribution in [2.24, 2.45) is 0 Å². The summed E-state index contributed by atoms with van der Waals surface area (Å²) in [7, 11) is -3.29. The van der Waals surface area contributed by atoms with Crippen LogP contribution in [0.2, 0.25) is 0 Å². The van der Waals surface area contributed by atoms with E-state index in [9.17, 15) is 26.4 Å². The minimum absolute atomic E-state index is 0.00590. The Kier molecular flexibility index (Phi) is 8.10. The molecule has 0 spiro atoms. The van der Waals surface area contributed by atoms with Crippen molar-refractivity contribution in [2.75, 3.05) is 11.1 Å². The number of benzene rings is 3. The standard InChI is InChI=1S/C27H24F3NO4S/c1-4-36(33,34)22-11-7-19(8-12-22)15-25(32)31-20-9-5-18(6-10-20)13-14-27(2,3)35-21-16-23(28)26(30)24(29)17-21/h5-12,16-17H,4,15H2,1-3H3,(H,31,32). The summed E-state index contributed by atoms with van der Waals surface area (Å²) in [4.78, 5) is 12.6. The fourth-order valence-corrected chi connectivity index (χ4v) is 4.03. The minimum atomic E-state index is -3.29. The first-order chi connectivity index (χ1) is 16.9. The Hall–Kier alpha value is -3.77. The summed E-state index contributed by atoms with van der Waals surface area (Å²) in [6.45, 7) is 4.76. The van der Waals surface area contributed by atoms with E-state index >= 15 is 0 Å². The molecule has 0 saturated carbocycles. The third-order valence-electron chi connectivity index (χ3n) is 5.03. The number of ether oxygens (including phenoxy) is 1. The fraction of sp³-hybridized carbons (Fsp3) is 0.222. The van der Waals surface area contributed by atoms with E-state index < -0.39 is 32.9 Å². The first-order valence-electron chi connectivity index (χ1n) is 11.0. The smallest absolute Gasteiger partial charge is 0.228 e. The van der Waals surface area contributed by atoms with Crippen molar-refractivity contribution in [3.05, 3.63) is 89.2 Å². The third kappa shape index (κ3) is 7.12. The molecule has 1 N–H and O–H groups in total. The lowest BCUT2D eigenvalue weighted by molar-refractivity contribution is -0.115. The van der Waals surface area contributed by atoms with Crippen molar-refractivity contribution < 1.29 is 31.1 Å². The Morgan fingerprint density at radius 2 is 1.56 bits per heavy atom. The number of amides is 1. The number of halogens is 3. The van der Waals surface area contributed by atoms with Crippen molar-refractivity contribution in [3.63, 3.8) is 0 Å². The zero-order valence-corrected chi connectivity index (χ0v) is 20.7. The molecule has 0 aromatic heterocycles. The maximum atomic E-state index is 13.4. The highest BCUT2D eigenvalue weighted by atomic mass is 32.2. The predicted octanol–water partition coefficient (Wildman–Crippen LogP) is 5.29. The van der Waals surface area contributed by atoms with E-state index in [0.717, 1.165) is 12.1 Å². The topological polar surface area (TPSA) is 72.5 Å². The van der Waals surface area contributed by atoms with Crippen LogP contribution in [0.3, 0.4) is 0 Å². The number of nitrogens with one attached hydrogen (secondary N) is 1. The Labute approximate surface area is 208 Å². The van der Waals surface area contributed by atoms with Crippen LogP contribution < -0.4 is 10.1 Å². The van der Waals surface area contributed by atoms with Crippen LogP contribution in [0.15, 0.2) is 65.6 Å². The Balaban J connectivity index is 1.60. The van der Waals surface area contributed by atoms with Crippen molar-refractivity contribution in [1.29, 1.82) is 0 Å². The summed E-state index contributed by atoms with van der Waals surface area (Å²) in [6.07, 6.45) is 0.0735. The van der Waals surface area contributed by atoms with E-state index in [-0.39, 0.29) is 28.7 Å². The molecule has 0 saturated heterocycles. The lowest BCUT2D eigenvalue weighted by Crippen LogP contribution is -2.26. The molecular weight excluding hydrogens is 491 g/mol. The largest absolute Gasteiger partial charge is 0.475 e. The maximum absolute atomic E-state index is 13.4. The van der Waals surface area contributed by atoms with Gasteiger partial charge >= 0.3 is 0 Å². The molecular formula is C27H24F3NO4S. The zero-order chi connectivity index (χ0) is 26.5. The molecule has 0 aliphatic rings. The van der Waals surface area contributed by atoms with Gasteiger partial charge in [-0.05, 0) is 55.8 Å². The molecule has 3 aromatic rings. The van der Waals surface area contributed by atoms with Crippen molar-refractivity contribution in [1.82, 2.24) is 0 Å². The average Bonchev–Trinajstić information content (AvgIpc) is 2.82. The van der Waals surface area contributed by atoms with Crippen molar-refractivity contribution in [2.45, 2.75) is 37.7 Å². The van der Waals surface area contributed by atoms with Crippen LogP contribution in [0.5, 0.6) is 5.75 Å². The molecule has 0 aliphatic heterocycles. The normalized spacial score (nSPS) is 11.4. The first kappa shape index (κ1) is 26.8. The van der Waals surface area contributed by atoms with Crippen LogP contribution in [-0.4, -0.2) is 25.7 Å². The fourth-order valence-electron chi connectivity index (χ4n) is 3.14. The van der Waals surface area contributed by atoms with E-state index in [1.165, 1.54) is 12.1 Å². The summed E-state index contributed by atoms with van der Waals surface area (Å²) in [6, 6.07) is 14.4. The maximum Gasteiger partial charge on any atom is 0.228 e. The molecule has 188 valence electrons. The summed E-state index contributed by atoms with van der Waals surface area (Å²) < 4.78 is 69.2. The number of carbonyl (C=O) groups is 1. The Bertz CT molecular complexity index is 1400. The van der Waals surface area contributed by atoms with Crippen LogP contribution in [0.4, 0.5) is 18.9 Å². The van der Waals surface area contributed by atoms with Gasteiger partial charge in [-0.1, -0.05) is 30.9 Å². The molecule has 9 heteroatoms. The van der Waals surface area contributed by atoms with E-state index in [2.05, 4.69) is 17.2 Å². The highest BCUT2D eigenvalue weighted by Crippen LogP contribution is 2.23. The monoisotopic (exact) mass is 515 g/mol. The van der Waals surface area contributed by atoms with Gasteiger partial charge in [-0.25, -0.2) is 21.6 Å². The van der Waals surface area contributed by atoms with Gasteiger partial charge < -0.3 is 10.1 Å². The highest BCUT2D eigenvalue weighted by Gasteiger charge is 2.19. The highest BCUT2D eigenvalue weighted by molar-refractivity contribution is 7.91.